The molecule has 0 spiro atoms. The molecule has 0 aliphatic carbocycles. The number of hydrogen-bond acceptors (Lipinski definition) is 3. The maximum Gasteiger partial charge on any atom is 0.303 e. The number of piperidine rings is 1. The summed E-state index contributed by atoms with van der Waals surface area (Å²) in [5.74, 6) is -0.740. The molecule has 5 heteroatoms. The highest BCUT2D eigenvalue weighted by Crippen LogP contribution is 2.32. The Hall–Kier alpha value is -1.39. The number of carboxylic acid groups (broad SMARTS) is 1. The van der Waals surface area contributed by atoms with Crippen LogP contribution in [0.4, 0.5) is 0 Å². The number of imide groups is 1. The van der Waals surface area contributed by atoms with Gasteiger partial charge >= 0.3 is 5.97 Å². The lowest BCUT2D eigenvalue weighted by Gasteiger charge is -2.35. The first-order valence-electron chi connectivity index (χ1n) is 7.30. The molecule has 1 unspecified atom stereocenters. The quantitative estimate of drug-likeness (QED) is 0.728. The van der Waals surface area contributed by atoms with E-state index in [1.165, 1.54) is 4.90 Å². The van der Waals surface area contributed by atoms with Crippen LogP contribution in [0, 0.1) is 11.3 Å². The lowest BCUT2D eigenvalue weighted by atomic mass is 9.81. The fourth-order valence-electron chi connectivity index (χ4n) is 2.65. The van der Waals surface area contributed by atoms with Crippen molar-refractivity contribution in [2.24, 2.45) is 11.3 Å². The van der Waals surface area contributed by atoms with Crippen molar-refractivity contribution in [3.8, 4) is 0 Å². The van der Waals surface area contributed by atoms with Crippen LogP contribution in [-0.2, 0) is 14.4 Å². The predicted molar refractivity (Wildman–Crippen MR) is 75.0 cm³/mol. The summed E-state index contributed by atoms with van der Waals surface area (Å²) in [7, 11) is 0. The average molecular weight is 283 g/mol. The zero-order valence-electron chi connectivity index (χ0n) is 12.6. The van der Waals surface area contributed by atoms with E-state index in [2.05, 4.69) is 0 Å². The molecular weight excluding hydrogens is 258 g/mol. The molecule has 2 amide bonds. The van der Waals surface area contributed by atoms with Crippen LogP contribution in [0.1, 0.15) is 59.3 Å². The van der Waals surface area contributed by atoms with Gasteiger partial charge in [-0.3, -0.25) is 19.3 Å². The smallest absolute Gasteiger partial charge is 0.303 e. The maximum atomic E-state index is 12.0. The van der Waals surface area contributed by atoms with Gasteiger partial charge in [-0.1, -0.05) is 27.2 Å². The molecule has 1 saturated heterocycles. The largest absolute Gasteiger partial charge is 0.481 e. The minimum Gasteiger partial charge on any atom is -0.481 e. The molecule has 0 aromatic rings. The minimum atomic E-state index is -0.796. The van der Waals surface area contributed by atoms with Crippen LogP contribution < -0.4 is 0 Å². The van der Waals surface area contributed by atoms with Crippen molar-refractivity contribution in [3.63, 3.8) is 0 Å². The molecular formula is C15H25NO4. The van der Waals surface area contributed by atoms with E-state index >= 15 is 0 Å². The molecule has 1 rings (SSSR count). The van der Waals surface area contributed by atoms with Crippen molar-refractivity contribution in [1.29, 1.82) is 0 Å². The second-order valence-corrected chi connectivity index (χ2v) is 6.45. The van der Waals surface area contributed by atoms with Gasteiger partial charge in [0.2, 0.25) is 11.8 Å². The number of rotatable bonds is 7. The second kappa shape index (κ2) is 6.86. The van der Waals surface area contributed by atoms with E-state index < -0.39 is 5.97 Å². The average Bonchev–Trinajstić information content (AvgIpc) is 2.30. The van der Waals surface area contributed by atoms with E-state index in [0.717, 1.165) is 6.42 Å². The monoisotopic (exact) mass is 283 g/mol. The molecule has 1 atom stereocenters. The first kappa shape index (κ1) is 16.7. The number of hydrogen-bond donors (Lipinski definition) is 1. The van der Waals surface area contributed by atoms with Crippen LogP contribution in [0.3, 0.4) is 0 Å². The van der Waals surface area contributed by atoms with Crippen LogP contribution in [0.25, 0.3) is 0 Å². The zero-order chi connectivity index (χ0) is 15.3. The van der Waals surface area contributed by atoms with Gasteiger partial charge in [-0.15, -0.1) is 0 Å². The maximum absolute atomic E-state index is 12.0. The van der Waals surface area contributed by atoms with E-state index in [9.17, 15) is 14.4 Å². The summed E-state index contributed by atoms with van der Waals surface area (Å²) in [5.41, 5.74) is -0.238. The Balaban J connectivity index is 2.49. The van der Waals surface area contributed by atoms with Crippen LogP contribution >= 0.6 is 0 Å². The normalized spacial score (nSPS) is 20.1. The topological polar surface area (TPSA) is 74.7 Å². The Kier molecular flexibility index (Phi) is 5.72. The third-order valence-electron chi connectivity index (χ3n) is 3.97. The molecule has 1 aliphatic heterocycles. The van der Waals surface area contributed by atoms with Gasteiger partial charge in [-0.2, -0.15) is 0 Å². The Morgan fingerprint density at radius 2 is 1.80 bits per heavy atom. The van der Waals surface area contributed by atoms with Crippen molar-refractivity contribution in [1.82, 2.24) is 4.90 Å². The Morgan fingerprint density at radius 1 is 1.25 bits per heavy atom. The molecule has 114 valence electrons. The van der Waals surface area contributed by atoms with Gasteiger partial charge in [0.1, 0.15) is 0 Å². The molecule has 0 aromatic heterocycles. The summed E-state index contributed by atoms with van der Waals surface area (Å²) in [6, 6.07) is 0. The van der Waals surface area contributed by atoms with E-state index in [-0.39, 0.29) is 29.6 Å². The number of carbonyl (C=O) groups excluding carboxylic acids is 2. The number of carboxylic acids is 1. The second-order valence-electron chi connectivity index (χ2n) is 6.45. The fraction of sp³-hybridized carbons (Fsp3) is 0.800. The Labute approximate surface area is 120 Å². The lowest BCUT2D eigenvalue weighted by Crippen LogP contribution is -2.46. The highest BCUT2D eigenvalue weighted by atomic mass is 16.4. The Morgan fingerprint density at radius 3 is 2.25 bits per heavy atom. The third kappa shape index (κ3) is 4.94. The van der Waals surface area contributed by atoms with Gasteiger partial charge in [-0.25, -0.2) is 0 Å². The summed E-state index contributed by atoms with van der Waals surface area (Å²) in [6.45, 7) is 6.30. The van der Waals surface area contributed by atoms with Gasteiger partial charge in [0.25, 0.3) is 0 Å². The van der Waals surface area contributed by atoms with E-state index in [1.54, 1.807) is 0 Å². The van der Waals surface area contributed by atoms with E-state index in [1.807, 2.05) is 20.8 Å². The van der Waals surface area contributed by atoms with E-state index in [0.29, 0.717) is 32.2 Å². The van der Waals surface area contributed by atoms with Gasteiger partial charge in [0, 0.05) is 25.8 Å². The molecule has 20 heavy (non-hydrogen) atoms. The minimum absolute atomic E-state index is 0.0978. The number of amides is 2. The van der Waals surface area contributed by atoms with Crippen LogP contribution in [0.15, 0.2) is 0 Å². The highest BCUT2D eigenvalue weighted by molar-refractivity contribution is 5.98. The molecule has 0 radical (unpaired) electrons. The van der Waals surface area contributed by atoms with Gasteiger partial charge in [0.05, 0.1) is 0 Å². The molecule has 1 fully saturated rings. The molecule has 0 saturated carbocycles. The number of carbonyl (C=O) groups is 3. The van der Waals surface area contributed by atoms with Crippen molar-refractivity contribution < 1.29 is 19.5 Å². The number of nitrogens with zero attached hydrogens (tertiary/aromatic N) is 1. The third-order valence-corrected chi connectivity index (χ3v) is 3.97. The number of aliphatic carboxylic acids is 1. The summed E-state index contributed by atoms with van der Waals surface area (Å²) < 4.78 is 0. The van der Waals surface area contributed by atoms with Crippen molar-refractivity contribution in [2.45, 2.75) is 59.3 Å². The molecule has 0 bridgehead atoms. The van der Waals surface area contributed by atoms with Crippen molar-refractivity contribution in [3.05, 3.63) is 0 Å². The highest BCUT2D eigenvalue weighted by Gasteiger charge is 2.37. The van der Waals surface area contributed by atoms with Crippen molar-refractivity contribution in [2.75, 3.05) is 6.54 Å². The summed E-state index contributed by atoms with van der Waals surface area (Å²) in [4.78, 5) is 35.9. The molecule has 0 aromatic carbocycles. The number of likely N-dealkylation sites (tertiary alicyclic amines) is 1. The van der Waals surface area contributed by atoms with Crippen LogP contribution in [0.2, 0.25) is 0 Å². The SMILES string of the molecule is CCC(CCC(=O)O)CCN1C(=O)CC(C)(C)CC1=O. The lowest BCUT2D eigenvalue weighted by molar-refractivity contribution is -0.152. The first-order chi connectivity index (χ1) is 9.25. The predicted octanol–water partition coefficient (Wildman–Crippen LogP) is 2.44. The summed E-state index contributed by atoms with van der Waals surface area (Å²) in [5, 5.41) is 8.70. The molecule has 1 aliphatic rings. The fourth-order valence-corrected chi connectivity index (χ4v) is 2.65. The first-order valence-corrected chi connectivity index (χ1v) is 7.30. The molecule has 5 nitrogen and oxygen atoms in total. The van der Waals surface area contributed by atoms with Gasteiger partial charge in [-0.05, 0) is 24.2 Å². The summed E-state index contributed by atoms with van der Waals surface area (Å²) >= 11 is 0. The molecule has 1 heterocycles. The van der Waals surface area contributed by atoms with Crippen LogP contribution in [-0.4, -0.2) is 34.3 Å². The van der Waals surface area contributed by atoms with Crippen molar-refractivity contribution >= 4 is 17.8 Å². The summed E-state index contributed by atoms with van der Waals surface area (Å²) in [6.07, 6.45) is 3.13. The zero-order valence-corrected chi connectivity index (χ0v) is 12.6. The standard InChI is InChI=1S/C15H25NO4/c1-4-11(5-6-14(19)20)7-8-16-12(17)9-15(2,3)10-13(16)18/h11H,4-10H2,1-3H3,(H,19,20). The van der Waals surface area contributed by atoms with Gasteiger partial charge in [0.15, 0.2) is 0 Å². The van der Waals surface area contributed by atoms with E-state index in [4.69, 9.17) is 5.11 Å². The van der Waals surface area contributed by atoms with Gasteiger partial charge < -0.3 is 5.11 Å². The van der Waals surface area contributed by atoms with Crippen LogP contribution in [0.5, 0.6) is 0 Å². The molecule has 1 N–H and O–H groups in total. The Bertz CT molecular complexity index is 369.